The molecule has 0 bridgehead atoms. The van der Waals surface area contributed by atoms with Crippen molar-refractivity contribution in [2.45, 2.75) is 19.8 Å². The Morgan fingerprint density at radius 2 is 2.00 bits per heavy atom. The Labute approximate surface area is 95.3 Å². The van der Waals surface area contributed by atoms with Crippen LogP contribution in [-0.2, 0) is 6.42 Å². The van der Waals surface area contributed by atoms with Gasteiger partial charge < -0.3 is 10.2 Å². The quantitative estimate of drug-likeness (QED) is 0.854. The molecule has 3 heteroatoms. The molecule has 1 aromatic carbocycles. The van der Waals surface area contributed by atoms with Gasteiger partial charge in [-0.3, -0.25) is 0 Å². The molecular formula is C13H16N2O. The lowest BCUT2D eigenvalue weighted by molar-refractivity contribution is 0.488. The van der Waals surface area contributed by atoms with E-state index in [-0.39, 0.29) is 0 Å². The Bertz CT molecular complexity index is 445. The van der Waals surface area contributed by atoms with Gasteiger partial charge in [-0.1, -0.05) is 29.8 Å². The van der Waals surface area contributed by atoms with Crippen LogP contribution >= 0.6 is 0 Å². The fourth-order valence-corrected chi connectivity index (χ4v) is 1.54. The van der Waals surface area contributed by atoms with E-state index in [9.17, 15) is 0 Å². The molecule has 0 aliphatic rings. The summed E-state index contributed by atoms with van der Waals surface area (Å²) in [6.07, 6.45) is 3.42. The molecule has 0 radical (unpaired) electrons. The molecule has 0 amide bonds. The number of nitrogens with zero attached hydrogens (tertiary/aromatic N) is 1. The van der Waals surface area contributed by atoms with E-state index in [1.165, 1.54) is 5.56 Å². The van der Waals surface area contributed by atoms with Gasteiger partial charge in [0.25, 0.3) is 0 Å². The highest BCUT2D eigenvalue weighted by Crippen LogP contribution is 2.19. The normalized spacial score (nSPS) is 10.6. The van der Waals surface area contributed by atoms with Crippen LogP contribution in [0.5, 0.6) is 0 Å². The number of nitrogens with two attached hydrogens (primary N) is 1. The third kappa shape index (κ3) is 2.49. The van der Waals surface area contributed by atoms with Crippen LogP contribution in [0.25, 0.3) is 11.3 Å². The molecule has 3 nitrogen and oxygen atoms in total. The zero-order chi connectivity index (χ0) is 11.4. The third-order valence-corrected chi connectivity index (χ3v) is 2.49. The van der Waals surface area contributed by atoms with Crippen LogP contribution in [0.4, 0.5) is 0 Å². The van der Waals surface area contributed by atoms with Gasteiger partial charge in [-0.2, -0.15) is 0 Å². The van der Waals surface area contributed by atoms with Gasteiger partial charge in [-0.25, -0.2) is 4.98 Å². The largest absolute Gasteiger partial charge is 0.448 e. The first-order valence-corrected chi connectivity index (χ1v) is 5.51. The van der Waals surface area contributed by atoms with Gasteiger partial charge in [-0.15, -0.1) is 0 Å². The van der Waals surface area contributed by atoms with Crippen molar-refractivity contribution in [3.63, 3.8) is 0 Å². The van der Waals surface area contributed by atoms with Gasteiger partial charge in [0, 0.05) is 12.0 Å². The van der Waals surface area contributed by atoms with Gasteiger partial charge in [-0.05, 0) is 19.9 Å². The average molecular weight is 216 g/mol. The number of hydrogen-bond donors (Lipinski definition) is 1. The van der Waals surface area contributed by atoms with Crippen LogP contribution in [0.2, 0.25) is 0 Å². The maximum absolute atomic E-state index is 5.44. The molecule has 16 heavy (non-hydrogen) atoms. The minimum atomic E-state index is 0.669. The van der Waals surface area contributed by atoms with Crippen molar-refractivity contribution >= 4 is 0 Å². The van der Waals surface area contributed by atoms with E-state index < -0.39 is 0 Å². The summed E-state index contributed by atoms with van der Waals surface area (Å²) in [7, 11) is 0. The molecule has 0 saturated heterocycles. The molecule has 1 heterocycles. The summed E-state index contributed by atoms with van der Waals surface area (Å²) in [4.78, 5) is 4.43. The minimum absolute atomic E-state index is 0.669. The van der Waals surface area contributed by atoms with E-state index in [0.29, 0.717) is 6.54 Å². The Kier molecular flexibility index (Phi) is 3.37. The van der Waals surface area contributed by atoms with E-state index in [1.54, 1.807) is 6.26 Å². The molecule has 2 rings (SSSR count). The molecule has 2 N–H and O–H groups in total. The van der Waals surface area contributed by atoms with Crippen LogP contribution in [0.3, 0.4) is 0 Å². The predicted octanol–water partition coefficient (Wildman–Crippen LogP) is 2.54. The number of aromatic nitrogens is 1. The number of rotatable bonds is 4. The van der Waals surface area contributed by atoms with E-state index in [2.05, 4.69) is 36.2 Å². The van der Waals surface area contributed by atoms with E-state index in [0.717, 1.165) is 30.0 Å². The number of hydrogen-bond acceptors (Lipinski definition) is 3. The molecular weight excluding hydrogens is 200 g/mol. The summed E-state index contributed by atoms with van der Waals surface area (Å²) in [5.41, 5.74) is 8.67. The molecule has 0 saturated carbocycles. The minimum Gasteiger partial charge on any atom is -0.448 e. The highest BCUT2D eigenvalue weighted by atomic mass is 16.3. The van der Waals surface area contributed by atoms with Gasteiger partial charge in [0.2, 0.25) is 0 Å². The Morgan fingerprint density at radius 3 is 2.69 bits per heavy atom. The van der Waals surface area contributed by atoms with Gasteiger partial charge in [0.1, 0.15) is 12.0 Å². The number of benzene rings is 1. The maximum Gasteiger partial charge on any atom is 0.194 e. The van der Waals surface area contributed by atoms with E-state index in [1.807, 2.05) is 0 Å². The molecule has 1 aromatic heterocycles. The summed E-state index contributed by atoms with van der Waals surface area (Å²) < 4.78 is 5.38. The zero-order valence-corrected chi connectivity index (χ0v) is 9.44. The van der Waals surface area contributed by atoms with Gasteiger partial charge >= 0.3 is 0 Å². The van der Waals surface area contributed by atoms with E-state index in [4.69, 9.17) is 10.2 Å². The first-order chi connectivity index (χ1) is 7.79. The van der Waals surface area contributed by atoms with Crippen LogP contribution in [0, 0.1) is 6.92 Å². The molecule has 0 atom stereocenters. The molecule has 2 aromatic rings. The van der Waals surface area contributed by atoms with Crippen molar-refractivity contribution < 1.29 is 4.42 Å². The lowest BCUT2D eigenvalue weighted by atomic mass is 10.1. The molecule has 0 spiro atoms. The van der Waals surface area contributed by atoms with Crippen LogP contribution in [0.1, 0.15) is 17.9 Å². The van der Waals surface area contributed by atoms with Crippen LogP contribution < -0.4 is 5.73 Å². The second-order valence-corrected chi connectivity index (χ2v) is 3.88. The van der Waals surface area contributed by atoms with E-state index >= 15 is 0 Å². The average Bonchev–Trinajstić information content (AvgIpc) is 2.76. The number of oxazole rings is 1. The van der Waals surface area contributed by atoms with Crippen molar-refractivity contribution in [2.24, 2.45) is 5.73 Å². The fourth-order valence-electron chi connectivity index (χ4n) is 1.54. The SMILES string of the molecule is Cc1ccc(-c2coc(CCCN)n2)cc1. The van der Waals surface area contributed by atoms with Crippen molar-refractivity contribution in [1.82, 2.24) is 4.98 Å². The first-order valence-electron chi connectivity index (χ1n) is 5.51. The zero-order valence-electron chi connectivity index (χ0n) is 9.44. The maximum atomic E-state index is 5.44. The highest BCUT2D eigenvalue weighted by Gasteiger charge is 2.05. The van der Waals surface area contributed by atoms with Crippen molar-refractivity contribution in [3.05, 3.63) is 42.0 Å². The molecule has 84 valence electrons. The first kappa shape index (κ1) is 10.9. The predicted molar refractivity (Wildman–Crippen MR) is 64.1 cm³/mol. The van der Waals surface area contributed by atoms with Gasteiger partial charge in [0.15, 0.2) is 5.89 Å². The lowest BCUT2D eigenvalue weighted by Gasteiger charge is -1.95. The summed E-state index contributed by atoms with van der Waals surface area (Å²) in [5.74, 6) is 0.765. The fraction of sp³-hybridized carbons (Fsp3) is 0.308. The second-order valence-electron chi connectivity index (χ2n) is 3.88. The molecule has 0 aliphatic heterocycles. The number of aryl methyl sites for hydroxylation is 2. The van der Waals surface area contributed by atoms with Crippen LogP contribution in [0.15, 0.2) is 34.9 Å². The monoisotopic (exact) mass is 216 g/mol. The Morgan fingerprint density at radius 1 is 1.25 bits per heavy atom. The second kappa shape index (κ2) is 4.94. The van der Waals surface area contributed by atoms with Gasteiger partial charge in [0.05, 0.1) is 0 Å². The van der Waals surface area contributed by atoms with Crippen molar-refractivity contribution in [1.29, 1.82) is 0 Å². The lowest BCUT2D eigenvalue weighted by Crippen LogP contribution is -2.00. The Balaban J connectivity index is 2.15. The summed E-state index contributed by atoms with van der Waals surface area (Å²) in [5, 5.41) is 0. The standard InChI is InChI=1S/C13H16N2O/c1-10-4-6-11(7-5-10)12-9-16-13(15-12)3-2-8-14/h4-7,9H,2-3,8,14H2,1H3. The summed E-state index contributed by atoms with van der Waals surface area (Å²) in [6, 6.07) is 8.26. The molecule has 0 fully saturated rings. The topological polar surface area (TPSA) is 52.0 Å². The molecule has 0 unspecified atom stereocenters. The summed E-state index contributed by atoms with van der Waals surface area (Å²) in [6.45, 7) is 2.74. The van der Waals surface area contributed by atoms with Crippen molar-refractivity contribution in [2.75, 3.05) is 6.54 Å². The third-order valence-electron chi connectivity index (χ3n) is 2.49. The van der Waals surface area contributed by atoms with Crippen LogP contribution in [-0.4, -0.2) is 11.5 Å². The Hall–Kier alpha value is -1.61. The summed E-state index contributed by atoms with van der Waals surface area (Å²) >= 11 is 0. The van der Waals surface area contributed by atoms with Crippen molar-refractivity contribution in [3.8, 4) is 11.3 Å². The highest BCUT2D eigenvalue weighted by molar-refractivity contribution is 5.58. The smallest absolute Gasteiger partial charge is 0.194 e. The molecule has 0 aliphatic carbocycles.